The minimum absolute atomic E-state index is 0.104. The van der Waals surface area contributed by atoms with Gasteiger partial charge in [-0.25, -0.2) is 15.0 Å². The standard InChI is InChI=1S/C15H13N5O/c1-9-4-12-11(13(21)5-9)8-18-15(19-12)20-14-3-2-10(6-16)7-17-14/h2-3,7-9H,4-5H2,1H3,(H,17,18,19,20). The molecule has 0 saturated carbocycles. The van der Waals surface area contributed by atoms with E-state index in [-0.39, 0.29) is 5.78 Å². The predicted molar refractivity (Wildman–Crippen MR) is 76.1 cm³/mol. The van der Waals surface area contributed by atoms with Crippen molar-refractivity contribution in [3.05, 3.63) is 41.3 Å². The van der Waals surface area contributed by atoms with Crippen molar-refractivity contribution >= 4 is 17.5 Å². The summed E-state index contributed by atoms with van der Waals surface area (Å²) in [6.07, 6.45) is 4.38. The van der Waals surface area contributed by atoms with Gasteiger partial charge in [-0.1, -0.05) is 6.92 Å². The lowest BCUT2D eigenvalue weighted by atomic mass is 9.88. The Morgan fingerprint density at radius 3 is 2.86 bits per heavy atom. The van der Waals surface area contributed by atoms with Gasteiger partial charge in [0.15, 0.2) is 5.78 Å². The number of hydrogen-bond acceptors (Lipinski definition) is 6. The zero-order valence-electron chi connectivity index (χ0n) is 11.5. The smallest absolute Gasteiger partial charge is 0.228 e. The van der Waals surface area contributed by atoms with Gasteiger partial charge >= 0.3 is 0 Å². The number of hydrogen-bond donors (Lipinski definition) is 1. The van der Waals surface area contributed by atoms with Gasteiger partial charge < -0.3 is 5.32 Å². The van der Waals surface area contributed by atoms with Gasteiger partial charge in [0.05, 0.1) is 16.8 Å². The second-order valence-electron chi connectivity index (χ2n) is 5.16. The molecule has 2 aromatic heterocycles. The van der Waals surface area contributed by atoms with Gasteiger partial charge in [-0.2, -0.15) is 5.26 Å². The van der Waals surface area contributed by atoms with Crippen LogP contribution < -0.4 is 5.32 Å². The molecule has 0 amide bonds. The molecule has 0 fully saturated rings. The number of rotatable bonds is 2. The Bertz CT molecular complexity index is 733. The van der Waals surface area contributed by atoms with Crippen LogP contribution in [0.3, 0.4) is 0 Å². The number of carbonyl (C=O) groups is 1. The zero-order chi connectivity index (χ0) is 14.8. The van der Waals surface area contributed by atoms with Crippen LogP contribution >= 0.6 is 0 Å². The largest absolute Gasteiger partial charge is 0.309 e. The molecule has 0 aromatic carbocycles. The van der Waals surface area contributed by atoms with Crippen LogP contribution in [0.5, 0.6) is 0 Å². The molecule has 21 heavy (non-hydrogen) atoms. The van der Waals surface area contributed by atoms with Crippen molar-refractivity contribution < 1.29 is 4.79 Å². The van der Waals surface area contributed by atoms with E-state index in [0.29, 0.717) is 35.2 Å². The number of carbonyl (C=O) groups excluding carboxylic acids is 1. The first-order valence-corrected chi connectivity index (χ1v) is 6.68. The SMILES string of the molecule is CC1CC(=O)c2cnc(Nc3ccc(C#N)cn3)nc2C1. The lowest BCUT2D eigenvalue weighted by molar-refractivity contribution is 0.0951. The Kier molecular flexibility index (Phi) is 3.32. The number of fused-ring (bicyclic) bond motifs is 1. The maximum atomic E-state index is 11.9. The molecule has 0 spiro atoms. The molecule has 3 rings (SSSR count). The fourth-order valence-electron chi connectivity index (χ4n) is 2.34. The quantitative estimate of drug-likeness (QED) is 0.906. The van der Waals surface area contributed by atoms with Gasteiger partial charge in [0.2, 0.25) is 5.95 Å². The Hall–Kier alpha value is -2.81. The van der Waals surface area contributed by atoms with Crippen LogP contribution in [0.2, 0.25) is 0 Å². The molecule has 1 unspecified atom stereocenters. The van der Waals surface area contributed by atoms with E-state index in [9.17, 15) is 4.79 Å². The summed E-state index contributed by atoms with van der Waals surface area (Å²) >= 11 is 0. The number of nitrogens with one attached hydrogen (secondary N) is 1. The molecule has 2 aromatic rings. The van der Waals surface area contributed by atoms with Gasteiger partial charge in [-0.3, -0.25) is 4.79 Å². The van der Waals surface area contributed by atoms with E-state index >= 15 is 0 Å². The third-order valence-corrected chi connectivity index (χ3v) is 3.38. The van der Waals surface area contributed by atoms with E-state index in [1.807, 2.05) is 13.0 Å². The van der Waals surface area contributed by atoms with Crippen LogP contribution in [0, 0.1) is 17.2 Å². The molecule has 1 aliphatic carbocycles. The normalized spacial score (nSPS) is 17.0. The van der Waals surface area contributed by atoms with Crippen molar-refractivity contribution in [2.24, 2.45) is 5.92 Å². The van der Waals surface area contributed by atoms with Crippen molar-refractivity contribution in [3.8, 4) is 6.07 Å². The fourth-order valence-corrected chi connectivity index (χ4v) is 2.34. The van der Waals surface area contributed by atoms with Crippen LogP contribution in [-0.4, -0.2) is 20.7 Å². The number of aromatic nitrogens is 3. The monoisotopic (exact) mass is 279 g/mol. The molecule has 6 nitrogen and oxygen atoms in total. The molecular formula is C15H13N5O. The van der Waals surface area contributed by atoms with E-state index < -0.39 is 0 Å². The predicted octanol–water partition coefficient (Wildman–Crippen LogP) is 2.25. The molecule has 1 aliphatic rings. The summed E-state index contributed by atoms with van der Waals surface area (Å²) < 4.78 is 0. The van der Waals surface area contributed by atoms with Crippen molar-refractivity contribution in [2.75, 3.05) is 5.32 Å². The van der Waals surface area contributed by atoms with Crippen LogP contribution in [0.1, 0.15) is 35.0 Å². The Morgan fingerprint density at radius 2 is 2.14 bits per heavy atom. The summed E-state index contributed by atoms with van der Waals surface area (Å²) in [7, 11) is 0. The molecule has 1 atom stereocenters. The molecule has 104 valence electrons. The molecule has 0 saturated heterocycles. The molecule has 6 heteroatoms. The summed E-state index contributed by atoms with van der Waals surface area (Å²) in [5.74, 6) is 1.38. The lowest BCUT2D eigenvalue weighted by Gasteiger charge is -2.19. The number of nitriles is 1. The molecule has 0 bridgehead atoms. The first-order valence-electron chi connectivity index (χ1n) is 6.68. The third kappa shape index (κ3) is 2.72. The summed E-state index contributed by atoms with van der Waals surface area (Å²) in [5, 5.41) is 11.7. The Balaban J connectivity index is 1.85. The molecule has 0 aliphatic heterocycles. The number of Topliss-reactive ketones (excluding diaryl/α,β-unsaturated/α-hetero) is 1. The van der Waals surface area contributed by atoms with Gasteiger partial charge in [0.1, 0.15) is 11.9 Å². The summed E-state index contributed by atoms with van der Waals surface area (Å²) in [6.45, 7) is 2.04. The minimum atomic E-state index is 0.104. The van der Waals surface area contributed by atoms with E-state index in [0.717, 1.165) is 12.1 Å². The maximum Gasteiger partial charge on any atom is 0.228 e. The first-order chi connectivity index (χ1) is 10.2. The Labute approximate surface area is 121 Å². The summed E-state index contributed by atoms with van der Waals surface area (Å²) in [5.41, 5.74) is 1.89. The highest BCUT2D eigenvalue weighted by Crippen LogP contribution is 2.24. The number of ketones is 1. The van der Waals surface area contributed by atoms with E-state index in [1.54, 1.807) is 18.3 Å². The van der Waals surface area contributed by atoms with E-state index in [4.69, 9.17) is 5.26 Å². The van der Waals surface area contributed by atoms with Gasteiger partial charge in [0, 0.05) is 18.8 Å². The molecule has 0 radical (unpaired) electrons. The number of anilines is 2. The molecule has 2 heterocycles. The van der Waals surface area contributed by atoms with Crippen molar-refractivity contribution in [3.63, 3.8) is 0 Å². The highest BCUT2D eigenvalue weighted by atomic mass is 16.1. The first kappa shape index (κ1) is 13.2. The van der Waals surface area contributed by atoms with Gasteiger partial charge in [-0.15, -0.1) is 0 Å². The van der Waals surface area contributed by atoms with Crippen molar-refractivity contribution in [1.29, 1.82) is 5.26 Å². The second-order valence-corrected chi connectivity index (χ2v) is 5.16. The zero-order valence-corrected chi connectivity index (χ0v) is 11.5. The van der Waals surface area contributed by atoms with Crippen LogP contribution in [0.15, 0.2) is 24.5 Å². The average molecular weight is 279 g/mol. The van der Waals surface area contributed by atoms with Crippen molar-refractivity contribution in [1.82, 2.24) is 15.0 Å². The Morgan fingerprint density at radius 1 is 1.29 bits per heavy atom. The van der Waals surface area contributed by atoms with Gasteiger partial charge in [-0.05, 0) is 24.5 Å². The van der Waals surface area contributed by atoms with Crippen LogP contribution in [-0.2, 0) is 6.42 Å². The van der Waals surface area contributed by atoms with Crippen molar-refractivity contribution in [2.45, 2.75) is 19.8 Å². The van der Waals surface area contributed by atoms with E-state index in [2.05, 4.69) is 20.3 Å². The molecule has 1 N–H and O–H groups in total. The highest BCUT2D eigenvalue weighted by molar-refractivity contribution is 5.98. The minimum Gasteiger partial charge on any atom is -0.309 e. The molecular weight excluding hydrogens is 266 g/mol. The fraction of sp³-hybridized carbons (Fsp3) is 0.267. The van der Waals surface area contributed by atoms with Crippen LogP contribution in [0.25, 0.3) is 0 Å². The maximum absolute atomic E-state index is 11.9. The summed E-state index contributed by atoms with van der Waals surface area (Å²) in [4.78, 5) is 24.6. The number of pyridine rings is 1. The number of nitrogens with zero attached hydrogens (tertiary/aromatic N) is 4. The lowest BCUT2D eigenvalue weighted by Crippen LogP contribution is -2.20. The topological polar surface area (TPSA) is 91.6 Å². The van der Waals surface area contributed by atoms with E-state index in [1.165, 1.54) is 6.20 Å². The third-order valence-electron chi connectivity index (χ3n) is 3.38. The van der Waals surface area contributed by atoms with Crippen LogP contribution in [0.4, 0.5) is 11.8 Å². The van der Waals surface area contributed by atoms with Gasteiger partial charge in [0.25, 0.3) is 0 Å². The average Bonchev–Trinajstić information content (AvgIpc) is 2.47. The summed E-state index contributed by atoms with van der Waals surface area (Å²) in [6, 6.07) is 5.37. The second kappa shape index (κ2) is 5.29. The highest BCUT2D eigenvalue weighted by Gasteiger charge is 2.24.